The Morgan fingerprint density at radius 1 is 1.07 bits per heavy atom. The Kier molecular flexibility index (Phi) is 4.93. The first-order valence-corrected chi connectivity index (χ1v) is 4.78. The maximum absolute atomic E-state index is 8.20. The fraction of sp³-hybridized carbons (Fsp3) is 0.455. The fourth-order valence-corrected chi connectivity index (χ4v) is 1.35. The van der Waals surface area contributed by atoms with Crippen molar-refractivity contribution in [3.05, 3.63) is 23.8 Å². The van der Waals surface area contributed by atoms with Crippen molar-refractivity contribution in [2.24, 2.45) is 0 Å². The number of hydrogen-bond donors (Lipinski definition) is 1. The lowest BCUT2D eigenvalue weighted by Gasteiger charge is -2.07. The Labute approximate surface area is 89.3 Å². The van der Waals surface area contributed by atoms with Gasteiger partial charge in [-0.1, -0.05) is 0 Å². The summed E-state index contributed by atoms with van der Waals surface area (Å²) >= 11 is 0. The largest absolute Gasteiger partial charge is 0.497 e. The molecule has 0 heterocycles. The average Bonchev–Trinajstić information content (AvgIpc) is 2.29. The van der Waals surface area contributed by atoms with Crippen molar-refractivity contribution in [2.45, 2.75) is 12.8 Å². The van der Waals surface area contributed by atoms with Gasteiger partial charge in [-0.25, -0.2) is 4.89 Å². The highest BCUT2D eigenvalue weighted by Gasteiger charge is 2.01. The minimum atomic E-state index is 0.333. The zero-order valence-electron chi connectivity index (χ0n) is 9.03. The SMILES string of the molecule is COc1cc(CCCOO)cc(OC)c1. The first-order valence-electron chi connectivity index (χ1n) is 4.78. The number of hydrogen-bond acceptors (Lipinski definition) is 4. The van der Waals surface area contributed by atoms with Crippen molar-refractivity contribution in [3.63, 3.8) is 0 Å². The minimum Gasteiger partial charge on any atom is -0.497 e. The summed E-state index contributed by atoms with van der Waals surface area (Å²) in [5.41, 5.74) is 1.10. The van der Waals surface area contributed by atoms with Crippen LogP contribution in [0.4, 0.5) is 0 Å². The summed E-state index contributed by atoms with van der Waals surface area (Å²) in [6.07, 6.45) is 1.57. The predicted molar refractivity (Wildman–Crippen MR) is 56.4 cm³/mol. The molecule has 0 saturated carbocycles. The highest BCUT2D eigenvalue weighted by molar-refractivity contribution is 5.38. The molecule has 1 aromatic carbocycles. The third kappa shape index (κ3) is 3.77. The van der Waals surface area contributed by atoms with Crippen molar-refractivity contribution in [1.82, 2.24) is 0 Å². The molecule has 1 N–H and O–H groups in total. The average molecular weight is 212 g/mol. The van der Waals surface area contributed by atoms with Crippen molar-refractivity contribution in [1.29, 1.82) is 0 Å². The summed E-state index contributed by atoms with van der Waals surface area (Å²) < 4.78 is 10.3. The van der Waals surface area contributed by atoms with Crippen LogP contribution in [0.15, 0.2) is 18.2 Å². The number of rotatable bonds is 6. The molecule has 0 amide bonds. The van der Waals surface area contributed by atoms with E-state index in [0.29, 0.717) is 6.61 Å². The summed E-state index contributed by atoms with van der Waals surface area (Å²) in [6.45, 7) is 0.333. The molecule has 0 aliphatic rings. The van der Waals surface area contributed by atoms with Gasteiger partial charge in [0.25, 0.3) is 0 Å². The lowest BCUT2D eigenvalue weighted by molar-refractivity contribution is -0.242. The third-order valence-corrected chi connectivity index (χ3v) is 2.11. The molecule has 0 aliphatic heterocycles. The van der Waals surface area contributed by atoms with Crippen LogP contribution in [0.2, 0.25) is 0 Å². The van der Waals surface area contributed by atoms with E-state index in [-0.39, 0.29) is 0 Å². The van der Waals surface area contributed by atoms with E-state index in [1.54, 1.807) is 14.2 Å². The Hall–Kier alpha value is -1.26. The summed E-state index contributed by atoms with van der Waals surface area (Å²) in [7, 11) is 3.24. The third-order valence-electron chi connectivity index (χ3n) is 2.11. The van der Waals surface area contributed by atoms with E-state index in [1.807, 2.05) is 18.2 Å². The van der Waals surface area contributed by atoms with Gasteiger partial charge in [-0.3, -0.25) is 5.26 Å². The van der Waals surface area contributed by atoms with Gasteiger partial charge in [-0.15, -0.1) is 0 Å². The van der Waals surface area contributed by atoms with Crippen molar-refractivity contribution < 1.29 is 19.6 Å². The molecule has 4 heteroatoms. The van der Waals surface area contributed by atoms with Gasteiger partial charge in [0.15, 0.2) is 0 Å². The zero-order valence-corrected chi connectivity index (χ0v) is 9.03. The topological polar surface area (TPSA) is 47.9 Å². The Morgan fingerprint density at radius 3 is 2.13 bits per heavy atom. The number of benzene rings is 1. The van der Waals surface area contributed by atoms with Crippen LogP contribution in [0.1, 0.15) is 12.0 Å². The lowest BCUT2D eigenvalue weighted by Crippen LogP contribution is -1.95. The molecule has 1 rings (SSSR count). The number of ether oxygens (including phenoxy) is 2. The highest BCUT2D eigenvalue weighted by atomic mass is 17.1. The van der Waals surface area contributed by atoms with Gasteiger partial charge in [0.05, 0.1) is 20.8 Å². The fourth-order valence-electron chi connectivity index (χ4n) is 1.35. The monoisotopic (exact) mass is 212 g/mol. The van der Waals surface area contributed by atoms with E-state index in [9.17, 15) is 0 Å². The van der Waals surface area contributed by atoms with E-state index in [0.717, 1.165) is 29.9 Å². The van der Waals surface area contributed by atoms with Crippen molar-refractivity contribution >= 4 is 0 Å². The summed E-state index contributed by atoms with van der Waals surface area (Å²) in [5, 5.41) is 8.20. The number of methoxy groups -OCH3 is 2. The van der Waals surface area contributed by atoms with Gasteiger partial charge < -0.3 is 9.47 Å². The van der Waals surface area contributed by atoms with Gasteiger partial charge in [-0.2, -0.15) is 0 Å². The Bertz CT molecular complexity index is 276. The van der Waals surface area contributed by atoms with Gasteiger partial charge in [0.2, 0.25) is 0 Å². The van der Waals surface area contributed by atoms with Crippen LogP contribution < -0.4 is 9.47 Å². The molecule has 1 aromatic rings. The van der Waals surface area contributed by atoms with Gasteiger partial charge in [0.1, 0.15) is 11.5 Å². The Balaban J connectivity index is 2.68. The van der Waals surface area contributed by atoms with E-state index >= 15 is 0 Å². The molecule has 0 unspecified atom stereocenters. The first-order chi connectivity index (χ1) is 7.30. The standard InChI is InChI=1S/C11H16O4/c1-13-10-6-9(4-3-5-15-12)7-11(8-10)14-2/h6-8,12H,3-5H2,1-2H3. The molecule has 0 bridgehead atoms. The molecule has 0 aliphatic carbocycles. The second-order valence-corrected chi connectivity index (χ2v) is 3.16. The maximum atomic E-state index is 8.20. The second-order valence-electron chi connectivity index (χ2n) is 3.16. The molecule has 0 atom stereocenters. The van der Waals surface area contributed by atoms with Crippen LogP contribution in [0.5, 0.6) is 11.5 Å². The summed E-state index contributed by atoms with van der Waals surface area (Å²) in [5.74, 6) is 1.54. The molecule has 4 nitrogen and oxygen atoms in total. The van der Waals surface area contributed by atoms with Crippen LogP contribution in [-0.2, 0) is 11.3 Å². The first kappa shape index (κ1) is 11.8. The summed E-state index contributed by atoms with van der Waals surface area (Å²) in [4.78, 5) is 4.01. The molecular weight excluding hydrogens is 196 g/mol. The molecule has 0 spiro atoms. The molecule has 0 aromatic heterocycles. The normalized spacial score (nSPS) is 10.1. The number of aryl methyl sites for hydroxylation is 1. The Morgan fingerprint density at radius 2 is 1.67 bits per heavy atom. The quantitative estimate of drug-likeness (QED) is 0.446. The van der Waals surface area contributed by atoms with E-state index in [2.05, 4.69) is 4.89 Å². The smallest absolute Gasteiger partial charge is 0.122 e. The molecule has 0 fully saturated rings. The molecular formula is C11H16O4. The van der Waals surface area contributed by atoms with E-state index in [4.69, 9.17) is 14.7 Å². The lowest BCUT2D eigenvalue weighted by atomic mass is 10.1. The predicted octanol–water partition coefficient (Wildman–Crippen LogP) is 2.13. The van der Waals surface area contributed by atoms with Crippen LogP contribution in [0, 0.1) is 0 Å². The van der Waals surface area contributed by atoms with Crippen LogP contribution in [-0.4, -0.2) is 26.1 Å². The summed E-state index contributed by atoms with van der Waals surface area (Å²) in [6, 6.07) is 5.71. The minimum absolute atomic E-state index is 0.333. The van der Waals surface area contributed by atoms with Crippen LogP contribution in [0.25, 0.3) is 0 Å². The second kappa shape index (κ2) is 6.27. The highest BCUT2D eigenvalue weighted by Crippen LogP contribution is 2.23. The van der Waals surface area contributed by atoms with Crippen molar-refractivity contribution in [3.8, 4) is 11.5 Å². The molecule has 15 heavy (non-hydrogen) atoms. The maximum Gasteiger partial charge on any atom is 0.122 e. The molecule has 84 valence electrons. The molecule has 0 saturated heterocycles. The van der Waals surface area contributed by atoms with Gasteiger partial charge in [-0.05, 0) is 30.5 Å². The van der Waals surface area contributed by atoms with Crippen LogP contribution in [0.3, 0.4) is 0 Å². The van der Waals surface area contributed by atoms with Crippen LogP contribution >= 0.6 is 0 Å². The van der Waals surface area contributed by atoms with Crippen molar-refractivity contribution in [2.75, 3.05) is 20.8 Å². The van der Waals surface area contributed by atoms with E-state index in [1.165, 1.54) is 0 Å². The molecule has 0 radical (unpaired) electrons. The zero-order chi connectivity index (χ0) is 11.1. The van der Waals surface area contributed by atoms with Gasteiger partial charge >= 0.3 is 0 Å². The van der Waals surface area contributed by atoms with Gasteiger partial charge in [0, 0.05) is 6.07 Å². The van der Waals surface area contributed by atoms with E-state index < -0.39 is 0 Å².